The van der Waals surface area contributed by atoms with Crippen molar-refractivity contribution in [1.82, 2.24) is 4.90 Å². The molecule has 0 saturated heterocycles. The van der Waals surface area contributed by atoms with Gasteiger partial charge >= 0.3 is 0 Å². The highest BCUT2D eigenvalue weighted by atomic mass is 19.2. The molecule has 0 bridgehead atoms. The molecule has 4 rings (SSSR count). The average molecular weight is 521 g/mol. The highest BCUT2D eigenvalue weighted by Gasteiger charge is 2.27. The van der Waals surface area contributed by atoms with E-state index in [4.69, 9.17) is 10.5 Å². The smallest absolute Gasteiger partial charge is 0.221 e. The molecule has 0 aliphatic heterocycles. The molecule has 3 aromatic rings. The lowest BCUT2D eigenvalue weighted by molar-refractivity contribution is -0.117. The molecule has 4 nitrogen and oxygen atoms in total. The van der Waals surface area contributed by atoms with Gasteiger partial charge in [0.05, 0.1) is 13.0 Å². The summed E-state index contributed by atoms with van der Waals surface area (Å²) in [5.41, 5.74) is 8.25. The van der Waals surface area contributed by atoms with E-state index < -0.39 is 11.6 Å². The van der Waals surface area contributed by atoms with Crippen molar-refractivity contribution >= 4 is 5.91 Å². The van der Waals surface area contributed by atoms with Gasteiger partial charge in [-0.3, -0.25) is 9.69 Å². The first-order valence-electron chi connectivity index (χ1n) is 13.7. The molecule has 1 amide bonds. The first-order chi connectivity index (χ1) is 18.5. The van der Waals surface area contributed by atoms with E-state index >= 15 is 0 Å². The topological polar surface area (TPSA) is 55.6 Å². The van der Waals surface area contributed by atoms with Crippen LogP contribution < -0.4 is 10.5 Å². The molecule has 0 heterocycles. The number of halogens is 2. The predicted molar refractivity (Wildman–Crippen MR) is 147 cm³/mol. The molecule has 1 aliphatic rings. The number of carbonyl (C=O) groups is 1. The van der Waals surface area contributed by atoms with Crippen LogP contribution in [-0.4, -0.2) is 30.5 Å². The summed E-state index contributed by atoms with van der Waals surface area (Å²) >= 11 is 0. The zero-order valence-electron chi connectivity index (χ0n) is 22.0. The molecule has 38 heavy (non-hydrogen) atoms. The minimum atomic E-state index is -0.823. The van der Waals surface area contributed by atoms with Gasteiger partial charge < -0.3 is 10.5 Å². The van der Waals surface area contributed by atoms with E-state index in [1.807, 2.05) is 24.3 Å². The Kier molecular flexibility index (Phi) is 10.3. The Hall–Kier alpha value is -3.25. The molecule has 0 spiro atoms. The van der Waals surface area contributed by atoms with Crippen molar-refractivity contribution in [1.29, 1.82) is 0 Å². The lowest BCUT2D eigenvalue weighted by Crippen LogP contribution is -2.33. The third-order valence-corrected chi connectivity index (χ3v) is 7.46. The SMILES string of the molecule is NC(=O)Cc1cccc(OCCCN(Cc2ccc(F)c(F)c2)CC(c2ccccc2)C2CCCCC2)c1. The minimum Gasteiger partial charge on any atom is -0.494 e. The Morgan fingerprint density at radius 2 is 1.71 bits per heavy atom. The van der Waals surface area contributed by atoms with Crippen LogP contribution in [0, 0.1) is 17.6 Å². The van der Waals surface area contributed by atoms with Gasteiger partial charge in [0.15, 0.2) is 11.6 Å². The van der Waals surface area contributed by atoms with E-state index in [1.54, 1.807) is 6.07 Å². The van der Waals surface area contributed by atoms with Crippen molar-refractivity contribution in [3.63, 3.8) is 0 Å². The van der Waals surface area contributed by atoms with E-state index in [-0.39, 0.29) is 12.3 Å². The van der Waals surface area contributed by atoms with Gasteiger partial charge in [-0.15, -0.1) is 0 Å². The first kappa shape index (κ1) is 27.8. The summed E-state index contributed by atoms with van der Waals surface area (Å²) in [6.07, 6.45) is 7.23. The molecule has 1 atom stereocenters. The highest BCUT2D eigenvalue weighted by Crippen LogP contribution is 2.37. The Labute approximate surface area is 224 Å². The standard InChI is InChI=1S/C32H38F2N2O2/c33-30-16-15-25(20-31(30)34)22-36(17-8-18-38-28-14-7-9-24(19-28)21-32(35)37)23-29(26-10-3-1-4-11-26)27-12-5-2-6-13-27/h1,3-4,7,9-11,14-16,19-20,27,29H,2,5-6,8,12-13,17-18,21-23H2,(H2,35,37). The second-order valence-electron chi connectivity index (χ2n) is 10.4. The summed E-state index contributed by atoms with van der Waals surface area (Å²) in [4.78, 5) is 13.6. The van der Waals surface area contributed by atoms with Crippen LogP contribution in [0.4, 0.5) is 8.78 Å². The number of nitrogens with zero attached hydrogens (tertiary/aromatic N) is 1. The van der Waals surface area contributed by atoms with Gasteiger partial charge in [-0.2, -0.15) is 0 Å². The molecule has 6 heteroatoms. The highest BCUT2D eigenvalue weighted by molar-refractivity contribution is 5.76. The molecular formula is C32H38F2N2O2. The fourth-order valence-corrected chi connectivity index (χ4v) is 5.60. The number of hydrogen-bond donors (Lipinski definition) is 1. The molecular weight excluding hydrogens is 482 g/mol. The lowest BCUT2D eigenvalue weighted by Gasteiger charge is -2.35. The van der Waals surface area contributed by atoms with Crippen molar-refractivity contribution < 1.29 is 18.3 Å². The number of rotatable bonds is 13. The molecule has 1 fully saturated rings. The van der Waals surface area contributed by atoms with Gasteiger partial charge in [0, 0.05) is 19.6 Å². The molecule has 1 saturated carbocycles. The lowest BCUT2D eigenvalue weighted by atomic mass is 9.76. The van der Waals surface area contributed by atoms with E-state index in [2.05, 4.69) is 35.2 Å². The van der Waals surface area contributed by atoms with E-state index in [9.17, 15) is 13.6 Å². The van der Waals surface area contributed by atoms with E-state index in [0.717, 1.165) is 30.6 Å². The summed E-state index contributed by atoms with van der Waals surface area (Å²) in [7, 11) is 0. The number of primary amides is 1. The molecule has 1 aliphatic carbocycles. The monoisotopic (exact) mass is 520 g/mol. The van der Waals surface area contributed by atoms with Crippen molar-refractivity contribution in [2.75, 3.05) is 19.7 Å². The first-order valence-corrected chi connectivity index (χ1v) is 13.7. The van der Waals surface area contributed by atoms with E-state index in [1.165, 1.54) is 49.8 Å². The summed E-state index contributed by atoms with van der Waals surface area (Å²) in [5, 5.41) is 0. The zero-order chi connectivity index (χ0) is 26.7. The van der Waals surface area contributed by atoms with Crippen LogP contribution in [0.2, 0.25) is 0 Å². The largest absolute Gasteiger partial charge is 0.494 e. The van der Waals surface area contributed by atoms with Crippen molar-refractivity contribution in [2.24, 2.45) is 11.7 Å². The fraction of sp³-hybridized carbons (Fsp3) is 0.406. The van der Waals surface area contributed by atoms with Crippen LogP contribution >= 0.6 is 0 Å². The van der Waals surface area contributed by atoms with Crippen molar-refractivity contribution in [3.05, 3.63) is 101 Å². The van der Waals surface area contributed by atoms with Crippen LogP contribution in [0.5, 0.6) is 5.75 Å². The Morgan fingerprint density at radius 3 is 2.45 bits per heavy atom. The number of benzene rings is 3. The maximum Gasteiger partial charge on any atom is 0.221 e. The second kappa shape index (κ2) is 14.1. The number of hydrogen-bond acceptors (Lipinski definition) is 3. The summed E-state index contributed by atoms with van der Waals surface area (Å²) in [6.45, 7) is 2.66. The van der Waals surface area contributed by atoms with Gasteiger partial charge in [-0.25, -0.2) is 8.78 Å². The summed E-state index contributed by atoms with van der Waals surface area (Å²) in [5.74, 6) is -0.303. The maximum absolute atomic E-state index is 14.0. The Bertz CT molecular complexity index is 1170. The van der Waals surface area contributed by atoms with E-state index in [0.29, 0.717) is 30.7 Å². The van der Waals surface area contributed by atoms with Crippen LogP contribution in [-0.2, 0) is 17.8 Å². The summed E-state index contributed by atoms with van der Waals surface area (Å²) in [6, 6.07) is 22.3. The predicted octanol–water partition coefficient (Wildman–Crippen LogP) is 6.63. The molecule has 3 aromatic carbocycles. The Morgan fingerprint density at radius 1 is 0.921 bits per heavy atom. The number of amides is 1. The summed E-state index contributed by atoms with van der Waals surface area (Å²) < 4.78 is 33.6. The molecule has 0 aromatic heterocycles. The maximum atomic E-state index is 14.0. The number of ether oxygens (including phenoxy) is 1. The number of nitrogens with two attached hydrogens (primary N) is 1. The fourth-order valence-electron chi connectivity index (χ4n) is 5.60. The quantitative estimate of drug-likeness (QED) is 0.258. The van der Waals surface area contributed by atoms with Crippen LogP contribution in [0.3, 0.4) is 0 Å². The van der Waals surface area contributed by atoms with Crippen LogP contribution in [0.25, 0.3) is 0 Å². The van der Waals surface area contributed by atoms with Gasteiger partial charge in [-0.05, 0) is 72.1 Å². The van der Waals surface area contributed by atoms with Crippen molar-refractivity contribution in [2.45, 2.75) is 57.4 Å². The van der Waals surface area contributed by atoms with Gasteiger partial charge in [-0.1, -0.05) is 67.8 Å². The average Bonchev–Trinajstić information content (AvgIpc) is 2.92. The zero-order valence-corrected chi connectivity index (χ0v) is 22.0. The minimum absolute atomic E-state index is 0.182. The van der Waals surface area contributed by atoms with Gasteiger partial charge in [0.2, 0.25) is 5.91 Å². The van der Waals surface area contributed by atoms with Crippen molar-refractivity contribution in [3.8, 4) is 5.75 Å². The Balaban J connectivity index is 1.45. The molecule has 1 unspecified atom stereocenters. The number of carbonyl (C=O) groups excluding carboxylic acids is 1. The molecule has 2 N–H and O–H groups in total. The third kappa shape index (κ3) is 8.38. The molecule has 202 valence electrons. The van der Waals surface area contributed by atoms with Crippen LogP contribution in [0.15, 0.2) is 72.8 Å². The second-order valence-corrected chi connectivity index (χ2v) is 10.4. The normalized spacial score (nSPS) is 14.9. The molecule has 0 radical (unpaired) electrons. The van der Waals surface area contributed by atoms with Gasteiger partial charge in [0.1, 0.15) is 5.75 Å². The third-order valence-electron chi connectivity index (χ3n) is 7.46. The van der Waals surface area contributed by atoms with Crippen LogP contribution in [0.1, 0.15) is 61.1 Å². The van der Waals surface area contributed by atoms with Gasteiger partial charge in [0.25, 0.3) is 0 Å².